The maximum Gasteiger partial charge on any atom is 0.220 e. The number of aryl methyl sites for hydroxylation is 1. The van der Waals surface area contributed by atoms with E-state index in [1.54, 1.807) is 0 Å². The third kappa shape index (κ3) is 3.80. The molecule has 3 heteroatoms. The highest BCUT2D eigenvalue weighted by molar-refractivity contribution is 5.83. The molecule has 0 aliphatic heterocycles. The third-order valence-electron chi connectivity index (χ3n) is 3.22. The number of hydrogen-bond donors (Lipinski definition) is 2. The van der Waals surface area contributed by atoms with Gasteiger partial charge in [0.2, 0.25) is 5.91 Å². The molecule has 0 aliphatic carbocycles. The van der Waals surface area contributed by atoms with Gasteiger partial charge in [0.1, 0.15) is 0 Å². The molecule has 0 bridgehead atoms. The van der Waals surface area contributed by atoms with E-state index in [0.717, 1.165) is 6.42 Å². The Balaban J connectivity index is 1.96. The van der Waals surface area contributed by atoms with Gasteiger partial charge in [0.15, 0.2) is 0 Å². The Morgan fingerprint density at radius 1 is 1.21 bits per heavy atom. The maximum atomic E-state index is 11.7. The molecule has 2 aromatic rings. The Morgan fingerprint density at radius 2 is 1.95 bits per heavy atom. The van der Waals surface area contributed by atoms with Gasteiger partial charge in [-0.05, 0) is 29.7 Å². The predicted molar refractivity (Wildman–Crippen MR) is 78.9 cm³/mol. The molecule has 0 fully saturated rings. The third-order valence-corrected chi connectivity index (χ3v) is 3.22. The lowest BCUT2D eigenvalue weighted by Gasteiger charge is -2.11. The molecule has 0 aromatic heterocycles. The van der Waals surface area contributed by atoms with Crippen molar-refractivity contribution >= 4 is 16.7 Å². The standard InChI is InChI=1S/C16H20N2O/c1-12(11-17)18-16(19)9-7-13-6-8-14-4-2-3-5-15(14)10-13/h2-6,8,10,12H,7,9,11,17H2,1H3,(H,18,19)/t12-/m0/s1. The van der Waals surface area contributed by atoms with Gasteiger partial charge in [0.05, 0.1) is 0 Å². The van der Waals surface area contributed by atoms with Crippen LogP contribution in [0.15, 0.2) is 42.5 Å². The van der Waals surface area contributed by atoms with Crippen LogP contribution in [0.5, 0.6) is 0 Å². The average Bonchev–Trinajstić information content (AvgIpc) is 2.44. The van der Waals surface area contributed by atoms with Gasteiger partial charge in [-0.1, -0.05) is 42.5 Å². The van der Waals surface area contributed by atoms with E-state index in [2.05, 4.69) is 35.6 Å². The number of nitrogens with two attached hydrogens (primary N) is 1. The fraction of sp³-hybridized carbons (Fsp3) is 0.312. The van der Waals surface area contributed by atoms with Crippen LogP contribution < -0.4 is 11.1 Å². The minimum absolute atomic E-state index is 0.0455. The summed E-state index contributed by atoms with van der Waals surface area (Å²) >= 11 is 0. The van der Waals surface area contributed by atoms with Crippen molar-refractivity contribution in [2.24, 2.45) is 5.73 Å². The normalized spacial score (nSPS) is 12.3. The SMILES string of the molecule is C[C@@H](CN)NC(=O)CCc1ccc2ccccc2c1. The summed E-state index contributed by atoms with van der Waals surface area (Å²) in [7, 11) is 0. The van der Waals surface area contributed by atoms with Crippen molar-refractivity contribution in [3.05, 3.63) is 48.0 Å². The van der Waals surface area contributed by atoms with Crippen LogP contribution in [-0.4, -0.2) is 18.5 Å². The van der Waals surface area contributed by atoms with E-state index in [9.17, 15) is 4.79 Å². The molecular weight excluding hydrogens is 236 g/mol. The molecule has 0 radical (unpaired) electrons. The van der Waals surface area contributed by atoms with Crippen LogP contribution in [-0.2, 0) is 11.2 Å². The van der Waals surface area contributed by atoms with Crippen LogP contribution in [0.2, 0.25) is 0 Å². The molecule has 3 nitrogen and oxygen atoms in total. The van der Waals surface area contributed by atoms with Crippen molar-refractivity contribution in [2.45, 2.75) is 25.8 Å². The smallest absolute Gasteiger partial charge is 0.220 e. The van der Waals surface area contributed by atoms with Gasteiger partial charge >= 0.3 is 0 Å². The first-order valence-corrected chi connectivity index (χ1v) is 6.66. The Hall–Kier alpha value is -1.87. The summed E-state index contributed by atoms with van der Waals surface area (Å²) in [5.74, 6) is 0.0612. The highest BCUT2D eigenvalue weighted by Crippen LogP contribution is 2.16. The van der Waals surface area contributed by atoms with Crippen molar-refractivity contribution < 1.29 is 4.79 Å². The Morgan fingerprint density at radius 3 is 2.68 bits per heavy atom. The fourth-order valence-electron chi connectivity index (χ4n) is 2.06. The van der Waals surface area contributed by atoms with Crippen molar-refractivity contribution in [2.75, 3.05) is 6.54 Å². The molecule has 2 rings (SSSR count). The minimum atomic E-state index is 0.0455. The first-order valence-electron chi connectivity index (χ1n) is 6.66. The van der Waals surface area contributed by atoms with Crippen LogP contribution in [0.4, 0.5) is 0 Å². The first-order chi connectivity index (χ1) is 9.19. The second kappa shape index (κ2) is 6.34. The minimum Gasteiger partial charge on any atom is -0.352 e. The number of hydrogen-bond acceptors (Lipinski definition) is 2. The summed E-state index contributed by atoms with van der Waals surface area (Å²) in [5.41, 5.74) is 6.66. The van der Waals surface area contributed by atoms with Crippen LogP contribution in [0.1, 0.15) is 18.9 Å². The zero-order valence-corrected chi connectivity index (χ0v) is 11.2. The number of carbonyl (C=O) groups is 1. The molecule has 1 atom stereocenters. The molecular formula is C16H20N2O. The van der Waals surface area contributed by atoms with E-state index in [1.165, 1.54) is 16.3 Å². The molecule has 1 amide bonds. The fourth-order valence-corrected chi connectivity index (χ4v) is 2.06. The van der Waals surface area contributed by atoms with Crippen LogP contribution in [0.25, 0.3) is 10.8 Å². The zero-order chi connectivity index (χ0) is 13.7. The highest BCUT2D eigenvalue weighted by atomic mass is 16.1. The predicted octanol–water partition coefficient (Wildman–Crippen LogP) is 2.24. The molecule has 100 valence electrons. The summed E-state index contributed by atoms with van der Waals surface area (Å²) in [6, 6.07) is 14.6. The van der Waals surface area contributed by atoms with Gasteiger partial charge in [-0.15, -0.1) is 0 Å². The average molecular weight is 256 g/mol. The second-order valence-electron chi connectivity index (χ2n) is 4.89. The van der Waals surface area contributed by atoms with Crippen molar-refractivity contribution in [3.8, 4) is 0 Å². The Bertz CT molecular complexity index is 565. The molecule has 0 aliphatic rings. The van der Waals surface area contributed by atoms with E-state index in [-0.39, 0.29) is 11.9 Å². The van der Waals surface area contributed by atoms with Gasteiger partial charge in [-0.2, -0.15) is 0 Å². The lowest BCUT2D eigenvalue weighted by molar-refractivity contribution is -0.121. The number of fused-ring (bicyclic) bond motifs is 1. The van der Waals surface area contributed by atoms with Gasteiger partial charge in [0, 0.05) is 19.0 Å². The number of amides is 1. The molecule has 0 unspecified atom stereocenters. The van der Waals surface area contributed by atoms with E-state index in [1.807, 2.05) is 19.1 Å². The summed E-state index contributed by atoms with van der Waals surface area (Å²) in [4.78, 5) is 11.7. The lowest BCUT2D eigenvalue weighted by Crippen LogP contribution is -2.37. The van der Waals surface area contributed by atoms with Crippen LogP contribution >= 0.6 is 0 Å². The zero-order valence-electron chi connectivity index (χ0n) is 11.2. The number of rotatable bonds is 5. The summed E-state index contributed by atoms with van der Waals surface area (Å²) in [5, 5.41) is 5.32. The monoisotopic (exact) mass is 256 g/mol. The largest absolute Gasteiger partial charge is 0.352 e. The summed E-state index contributed by atoms with van der Waals surface area (Å²) in [6.07, 6.45) is 1.26. The van der Waals surface area contributed by atoms with Crippen molar-refractivity contribution in [3.63, 3.8) is 0 Å². The molecule has 0 spiro atoms. The van der Waals surface area contributed by atoms with Gasteiger partial charge in [-0.25, -0.2) is 0 Å². The maximum absolute atomic E-state index is 11.7. The van der Waals surface area contributed by atoms with E-state index < -0.39 is 0 Å². The molecule has 0 saturated carbocycles. The highest BCUT2D eigenvalue weighted by Gasteiger charge is 2.06. The molecule has 0 saturated heterocycles. The Labute approximate surface area is 113 Å². The Kier molecular flexibility index (Phi) is 4.53. The molecule has 3 N–H and O–H groups in total. The number of nitrogens with one attached hydrogen (secondary N) is 1. The lowest BCUT2D eigenvalue weighted by atomic mass is 10.0. The molecule has 2 aromatic carbocycles. The van der Waals surface area contributed by atoms with Crippen LogP contribution in [0.3, 0.4) is 0 Å². The van der Waals surface area contributed by atoms with Gasteiger partial charge in [-0.3, -0.25) is 4.79 Å². The molecule has 0 heterocycles. The van der Waals surface area contributed by atoms with E-state index >= 15 is 0 Å². The van der Waals surface area contributed by atoms with E-state index in [0.29, 0.717) is 13.0 Å². The van der Waals surface area contributed by atoms with Gasteiger partial charge < -0.3 is 11.1 Å². The molecule has 19 heavy (non-hydrogen) atoms. The van der Waals surface area contributed by atoms with Crippen LogP contribution in [0, 0.1) is 0 Å². The topological polar surface area (TPSA) is 55.1 Å². The second-order valence-corrected chi connectivity index (χ2v) is 4.89. The van der Waals surface area contributed by atoms with Crippen molar-refractivity contribution in [1.29, 1.82) is 0 Å². The first kappa shape index (κ1) is 13.6. The van der Waals surface area contributed by atoms with Gasteiger partial charge in [0.25, 0.3) is 0 Å². The number of benzene rings is 2. The quantitative estimate of drug-likeness (QED) is 0.862. The summed E-state index contributed by atoms with van der Waals surface area (Å²) in [6.45, 7) is 2.38. The number of carbonyl (C=O) groups excluding carboxylic acids is 1. The van der Waals surface area contributed by atoms with E-state index in [4.69, 9.17) is 5.73 Å². The summed E-state index contributed by atoms with van der Waals surface area (Å²) < 4.78 is 0. The van der Waals surface area contributed by atoms with Crippen molar-refractivity contribution in [1.82, 2.24) is 5.32 Å².